The molecular formula is C19H29N3O3. The summed E-state index contributed by atoms with van der Waals surface area (Å²) in [5.41, 5.74) is 1.74. The number of amides is 2. The average Bonchev–Trinajstić information content (AvgIpc) is 2.50. The maximum absolute atomic E-state index is 12.4. The van der Waals surface area contributed by atoms with Crippen molar-refractivity contribution in [1.82, 2.24) is 4.90 Å². The smallest absolute Gasteiger partial charge is 0.412 e. The largest absolute Gasteiger partial charge is 0.444 e. The highest BCUT2D eigenvalue weighted by Gasteiger charge is 2.22. The van der Waals surface area contributed by atoms with Gasteiger partial charge in [-0.3, -0.25) is 15.1 Å². The second-order valence-electron chi connectivity index (χ2n) is 7.10. The second kappa shape index (κ2) is 8.65. The molecule has 1 unspecified atom stereocenters. The van der Waals surface area contributed by atoms with Gasteiger partial charge in [-0.1, -0.05) is 19.1 Å². The molecule has 0 aliphatic rings. The van der Waals surface area contributed by atoms with Gasteiger partial charge in [0.2, 0.25) is 0 Å². The molecule has 1 aromatic rings. The predicted molar refractivity (Wildman–Crippen MR) is 101 cm³/mol. The monoisotopic (exact) mass is 347 g/mol. The number of likely N-dealkylation sites (N-methyl/N-ethyl adjacent to an activating group) is 1. The van der Waals surface area contributed by atoms with Crippen LogP contribution in [0.2, 0.25) is 0 Å². The highest BCUT2D eigenvalue weighted by atomic mass is 16.6. The molecule has 0 bridgehead atoms. The third-order valence-corrected chi connectivity index (χ3v) is 3.41. The highest BCUT2D eigenvalue weighted by molar-refractivity contribution is 5.89. The van der Waals surface area contributed by atoms with Crippen LogP contribution in [0.25, 0.3) is 0 Å². The first kappa shape index (κ1) is 20.7. The highest BCUT2D eigenvalue weighted by Crippen LogP contribution is 2.22. The molecule has 0 saturated heterocycles. The van der Waals surface area contributed by atoms with Crippen LogP contribution < -0.4 is 5.32 Å². The van der Waals surface area contributed by atoms with Crippen LogP contribution in [-0.2, 0) is 9.53 Å². The van der Waals surface area contributed by atoms with Gasteiger partial charge in [-0.05, 0) is 51.8 Å². The number of carbonyl (C=O) groups is 2. The average molecular weight is 347 g/mol. The Morgan fingerprint density at radius 3 is 2.20 bits per heavy atom. The minimum absolute atomic E-state index is 0.0827. The molecule has 0 spiro atoms. The number of rotatable bonds is 5. The van der Waals surface area contributed by atoms with E-state index in [9.17, 15) is 9.59 Å². The number of nitrogens with zero attached hydrogens (tertiary/aromatic N) is 2. The molecule has 0 aromatic heterocycles. The summed E-state index contributed by atoms with van der Waals surface area (Å²) >= 11 is 0. The molecule has 0 fully saturated rings. The summed E-state index contributed by atoms with van der Waals surface area (Å²) in [7, 11) is 3.43. The zero-order chi connectivity index (χ0) is 19.2. The Kier molecular flexibility index (Phi) is 7.15. The molecular weight excluding hydrogens is 318 g/mol. The maximum atomic E-state index is 12.4. The normalized spacial score (nSPS) is 13.2. The van der Waals surface area contributed by atoms with Gasteiger partial charge >= 0.3 is 6.09 Å². The first-order valence-corrected chi connectivity index (χ1v) is 8.38. The van der Waals surface area contributed by atoms with Gasteiger partial charge < -0.3 is 9.64 Å². The van der Waals surface area contributed by atoms with Crippen LogP contribution in [-0.4, -0.2) is 42.3 Å². The number of nitrogens with one attached hydrogen (secondary N) is 1. The Morgan fingerprint density at radius 1 is 1.20 bits per heavy atom. The van der Waals surface area contributed by atoms with Crippen LogP contribution in [0.5, 0.6) is 0 Å². The van der Waals surface area contributed by atoms with Crippen molar-refractivity contribution in [3.05, 3.63) is 29.8 Å². The van der Waals surface area contributed by atoms with Gasteiger partial charge in [-0.15, -0.1) is 0 Å². The van der Waals surface area contributed by atoms with E-state index in [0.717, 1.165) is 17.7 Å². The topological polar surface area (TPSA) is 71.0 Å². The number of hydrogen-bond donors (Lipinski definition) is 1. The molecule has 6 nitrogen and oxygen atoms in total. The molecule has 1 aromatic carbocycles. The fraction of sp³-hybridized carbons (Fsp3) is 0.526. The Balaban J connectivity index is 2.97. The van der Waals surface area contributed by atoms with Crippen LogP contribution in [0.1, 0.15) is 52.6 Å². The zero-order valence-corrected chi connectivity index (χ0v) is 16.2. The van der Waals surface area contributed by atoms with Gasteiger partial charge in [0.1, 0.15) is 5.60 Å². The number of carbonyl (C=O) groups excluding carboxylic acids is 2. The van der Waals surface area contributed by atoms with Gasteiger partial charge in [0.15, 0.2) is 6.04 Å². The van der Waals surface area contributed by atoms with Crippen LogP contribution >= 0.6 is 0 Å². The van der Waals surface area contributed by atoms with E-state index in [2.05, 4.69) is 10.3 Å². The summed E-state index contributed by atoms with van der Waals surface area (Å²) in [6.45, 7) is 9.34. The van der Waals surface area contributed by atoms with Crippen molar-refractivity contribution in [2.24, 2.45) is 4.99 Å². The van der Waals surface area contributed by atoms with E-state index in [1.54, 1.807) is 59.1 Å². The molecule has 0 radical (unpaired) electrons. The summed E-state index contributed by atoms with van der Waals surface area (Å²) < 4.78 is 5.22. The molecule has 138 valence electrons. The molecule has 0 saturated carbocycles. The lowest BCUT2D eigenvalue weighted by molar-refractivity contribution is -0.130. The number of ether oxygens (including phenoxy) is 1. The molecule has 1 atom stereocenters. The standard InChI is InChI=1S/C19H29N3O3/c1-8-13(2)20-16(17(23)22(6)7)14-9-11-15(12-10-14)21-18(24)25-19(3,4)5/h9-12,16H,8H2,1-7H3,(H,21,24)/b20-13-. The third kappa shape index (κ3) is 6.95. The van der Waals surface area contributed by atoms with E-state index >= 15 is 0 Å². The van der Waals surface area contributed by atoms with E-state index in [4.69, 9.17) is 4.74 Å². The van der Waals surface area contributed by atoms with Crippen LogP contribution in [0.4, 0.5) is 10.5 Å². The predicted octanol–water partition coefficient (Wildman–Crippen LogP) is 4.03. The molecule has 0 aliphatic heterocycles. The van der Waals surface area contributed by atoms with Gasteiger partial charge in [0, 0.05) is 25.5 Å². The number of aliphatic imine (C=N–C) groups is 1. The van der Waals surface area contributed by atoms with Crippen LogP contribution in [0.3, 0.4) is 0 Å². The molecule has 0 aliphatic carbocycles. The summed E-state index contributed by atoms with van der Waals surface area (Å²) in [6.07, 6.45) is 0.274. The summed E-state index contributed by atoms with van der Waals surface area (Å²) in [5.74, 6) is -0.0827. The number of benzene rings is 1. The van der Waals surface area contributed by atoms with Crippen molar-refractivity contribution in [3.63, 3.8) is 0 Å². The van der Waals surface area contributed by atoms with Crippen molar-refractivity contribution in [1.29, 1.82) is 0 Å². The lowest BCUT2D eigenvalue weighted by atomic mass is 10.1. The SMILES string of the molecule is CC/C(C)=N\C(C(=O)N(C)C)c1ccc(NC(=O)OC(C)(C)C)cc1. The van der Waals surface area contributed by atoms with E-state index < -0.39 is 17.7 Å². The van der Waals surface area contributed by atoms with Crippen molar-refractivity contribution >= 4 is 23.4 Å². The van der Waals surface area contributed by atoms with Crippen molar-refractivity contribution in [2.45, 2.75) is 52.7 Å². The Bertz CT molecular complexity index is 628. The first-order chi connectivity index (χ1) is 11.5. The molecule has 25 heavy (non-hydrogen) atoms. The van der Waals surface area contributed by atoms with Gasteiger partial charge in [0.05, 0.1) is 0 Å². The van der Waals surface area contributed by atoms with Crippen LogP contribution in [0, 0.1) is 0 Å². The molecule has 2 amide bonds. The van der Waals surface area contributed by atoms with Crippen molar-refractivity contribution < 1.29 is 14.3 Å². The number of hydrogen-bond acceptors (Lipinski definition) is 4. The fourth-order valence-electron chi connectivity index (χ4n) is 2.00. The molecule has 1 N–H and O–H groups in total. The Labute approximate surface area is 150 Å². The van der Waals surface area contributed by atoms with E-state index in [0.29, 0.717) is 5.69 Å². The van der Waals surface area contributed by atoms with Crippen molar-refractivity contribution in [2.75, 3.05) is 19.4 Å². The lowest BCUT2D eigenvalue weighted by Gasteiger charge is -2.20. The first-order valence-electron chi connectivity index (χ1n) is 8.38. The summed E-state index contributed by atoms with van der Waals surface area (Å²) in [6, 6.07) is 6.50. The van der Waals surface area contributed by atoms with Gasteiger partial charge in [0.25, 0.3) is 5.91 Å². The molecule has 6 heteroatoms. The zero-order valence-electron chi connectivity index (χ0n) is 16.2. The molecule has 1 rings (SSSR count). The van der Waals surface area contributed by atoms with Gasteiger partial charge in [-0.25, -0.2) is 4.79 Å². The van der Waals surface area contributed by atoms with E-state index in [-0.39, 0.29) is 5.91 Å². The maximum Gasteiger partial charge on any atom is 0.412 e. The summed E-state index contributed by atoms with van der Waals surface area (Å²) in [5, 5.41) is 2.68. The third-order valence-electron chi connectivity index (χ3n) is 3.41. The van der Waals surface area contributed by atoms with E-state index in [1.165, 1.54) is 4.90 Å². The minimum Gasteiger partial charge on any atom is -0.444 e. The molecule has 0 heterocycles. The quantitative estimate of drug-likeness (QED) is 0.817. The minimum atomic E-state index is -0.578. The second-order valence-corrected chi connectivity index (χ2v) is 7.10. The summed E-state index contributed by atoms with van der Waals surface area (Å²) in [4.78, 5) is 30.3. The van der Waals surface area contributed by atoms with E-state index in [1.807, 2.05) is 13.8 Å². The van der Waals surface area contributed by atoms with Crippen LogP contribution in [0.15, 0.2) is 29.3 Å². The van der Waals surface area contributed by atoms with Crippen molar-refractivity contribution in [3.8, 4) is 0 Å². The van der Waals surface area contributed by atoms with Gasteiger partial charge in [-0.2, -0.15) is 0 Å². The fourth-order valence-corrected chi connectivity index (χ4v) is 2.00. The lowest BCUT2D eigenvalue weighted by Crippen LogP contribution is -2.28. The number of anilines is 1. The Morgan fingerprint density at radius 2 is 1.76 bits per heavy atom. The Hall–Kier alpha value is -2.37.